The van der Waals surface area contributed by atoms with Crippen LogP contribution in [0.5, 0.6) is 0 Å². The molecule has 11 heteroatoms. The summed E-state index contributed by atoms with van der Waals surface area (Å²) in [6.07, 6.45) is 0.461. The Morgan fingerprint density at radius 3 is 2.58 bits per heavy atom. The number of rotatable bonds is 8. The van der Waals surface area contributed by atoms with Crippen LogP contribution in [0.3, 0.4) is 0 Å². The van der Waals surface area contributed by atoms with Crippen molar-refractivity contribution >= 4 is 29.3 Å². The van der Waals surface area contributed by atoms with Gasteiger partial charge in [0.25, 0.3) is 0 Å². The Hall–Kier alpha value is -3.11. The van der Waals surface area contributed by atoms with Gasteiger partial charge in [0.2, 0.25) is 5.95 Å². The third-order valence-corrected chi connectivity index (χ3v) is 6.93. The van der Waals surface area contributed by atoms with Crippen LogP contribution in [0, 0.1) is 24.0 Å². The van der Waals surface area contributed by atoms with Gasteiger partial charge in [0.05, 0.1) is 21.8 Å². The van der Waals surface area contributed by atoms with Gasteiger partial charge in [-0.1, -0.05) is 37.6 Å². The fraction of sp³-hybridized carbons (Fsp3) is 0.440. The van der Waals surface area contributed by atoms with E-state index in [1.807, 2.05) is 25.7 Å². The number of halogens is 3. The maximum atomic E-state index is 15.4. The first-order valence-electron chi connectivity index (χ1n) is 11.8. The Labute approximate surface area is 213 Å². The van der Waals surface area contributed by atoms with Gasteiger partial charge in [0.1, 0.15) is 5.82 Å². The summed E-state index contributed by atoms with van der Waals surface area (Å²) >= 11 is 5.89. The van der Waals surface area contributed by atoms with Crippen molar-refractivity contribution in [3.05, 3.63) is 63.6 Å². The molecule has 0 unspecified atom stereocenters. The van der Waals surface area contributed by atoms with E-state index >= 15 is 4.39 Å². The molecular weight excluding hydrogens is 490 g/mol. The Balaban J connectivity index is 1.56. The van der Waals surface area contributed by atoms with Crippen LogP contribution in [0.25, 0.3) is 0 Å². The number of aromatic amines is 1. The molecule has 1 saturated heterocycles. The minimum absolute atomic E-state index is 0.0546. The molecule has 3 heterocycles. The third kappa shape index (κ3) is 5.49. The Kier molecular flexibility index (Phi) is 7.56. The second-order valence-corrected chi connectivity index (χ2v) is 10.1. The van der Waals surface area contributed by atoms with Crippen LogP contribution in [0.15, 0.2) is 24.3 Å². The number of aromatic nitrogens is 4. The van der Waals surface area contributed by atoms with Gasteiger partial charge in [-0.05, 0) is 44.8 Å². The molecule has 0 aliphatic carbocycles. The van der Waals surface area contributed by atoms with Crippen molar-refractivity contribution in [1.29, 1.82) is 0 Å². The summed E-state index contributed by atoms with van der Waals surface area (Å²) in [6, 6.07) is 6.61. The minimum Gasteiger partial charge on any atom is -0.481 e. The Morgan fingerprint density at radius 1 is 1.25 bits per heavy atom. The molecule has 192 valence electrons. The molecule has 8 nitrogen and oxygen atoms in total. The van der Waals surface area contributed by atoms with E-state index in [1.54, 1.807) is 18.2 Å². The number of hydrogen-bond donors (Lipinski definition) is 3. The summed E-state index contributed by atoms with van der Waals surface area (Å²) in [6.45, 7) is 6.63. The fourth-order valence-corrected chi connectivity index (χ4v) is 4.70. The van der Waals surface area contributed by atoms with Gasteiger partial charge in [0, 0.05) is 30.3 Å². The number of likely N-dealkylation sites (tertiary alicyclic amines) is 1. The molecule has 0 bridgehead atoms. The topological polar surface area (TPSA) is 107 Å². The van der Waals surface area contributed by atoms with Crippen LogP contribution in [-0.2, 0) is 17.8 Å². The van der Waals surface area contributed by atoms with E-state index in [-0.39, 0.29) is 47.5 Å². The molecule has 0 amide bonds. The Morgan fingerprint density at radius 2 is 1.97 bits per heavy atom. The molecule has 36 heavy (non-hydrogen) atoms. The SMILES string of the molecule is Cc1cc(Nc2nc(CC3(C(=O)O)CCN(Cc4cccc(Cl)c4F)CC3)c(F)c(C(C)C)n2)n[nH]1. The molecule has 1 aliphatic heterocycles. The molecule has 1 aromatic carbocycles. The van der Waals surface area contributed by atoms with Crippen LogP contribution < -0.4 is 5.32 Å². The number of hydrogen-bond acceptors (Lipinski definition) is 6. The summed E-state index contributed by atoms with van der Waals surface area (Å²) in [4.78, 5) is 23.1. The second-order valence-electron chi connectivity index (χ2n) is 9.66. The fourth-order valence-electron chi connectivity index (χ4n) is 4.50. The number of benzene rings is 1. The number of piperidine rings is 1. The monoisotopic (exact) mass is 518 g/mol. The van der Waals surface area contributed by atoms with Gasteiger partial charge < -0.3 is 10.4 Å². The summed E-state index contributed by atoms with van der Waals surface area (Å²) in [5.41, 5.74) is 0.355. The molecule has 1 aliphatic rings. The van der Waals surface area contributed by atoms with Gasteiger partial charge in [-0.15, -0.1) is 0 Å². The summed E-state index contributed by atoms with van der Waals surface area (Å²) in [5, 5.41) is 20.1. The molecule has 0 saturated carbocycles. The predicted octanol–water partition coefficient (Wildman–Crippen LogP) is 5.22. The molecule has 0 radical (unpaired) electrons. The zero-order valence-corrected chi connectivity index (χ0v) is 21.2. The molecule has 4 rings (SSSR count). The highest BCUT2D eigenvalue weighted by molar-refractivity contribution is 6.30. The Bertz CT molecular complexity index is 1260. The maximum Gasteiger partial charge on any atom is 0.310 e. The maximum absolute atomic E-state index is 15.4. The van der Waals surface area contributed by atoms with Gasteiger partial charge in [0.15, 0.2) is 11.6 Å². The number of nitrogens with one attached hydrogen (secondary N) is 2. The zero-order valence-electron chi connectivity index (χ0n) is 20.4. The van der Waals surface area contributed by atoms with Crippen molar-refractivity contribution in [3.8, 4) is 0 Å². The first-order chi connectivity index (χ1) is 17.1. The molecular formula is C25H29ClF2N6O2. The van der Waals surface area contributed by atoms with Crippen molar-refractivity contribution in [2.24, 2.45) is 5.41 Å². The van der Waals surface area contributed by atoms with Gasteiger partial charge in [-0.3, -0.25) is 14.8 Å². The molecule has 1 fully saturated rings. The number of carbonyl (C=O) groups is 1. The number of anilines is 2. The molecule has 3 aromatic rings. The molecule has 2 aromatic heterocycles. The van der Waals surface area contributed by atoms with E-state index < -0.39 is 23.0 Å². The highest BCUT2D eigenvalue weighted by Gasteiger charge is 2.43. The lowest BCUT2D eigenvalue weighted by Crippen LogP contribution is -2.45. The summed E-state index contributed by atoms with van der Waals surface area (Å²) in [5.74, 6) is -1.64. The van der Waals surface area contributed by atoms with E-state index in [2.05, 4.69) is 25.5 Å². The number of carboxylic acid groups (broad SMARTS) is 1. The van der Waals surface area contributed by atoms with E-state index in [1.165, 1.54) is 6.07 Å². The average molecular weight is 519 g/mol. The van der Waals surface area contributed by atoms with E-state index in [4.69, 9.17) is 11.6 Å². The lowest BCUT2D eigenvalue weighted by Gasteiger charge is -2.39. The average Bonchev–Trinajstić information content (AvgIpc) is 3.24. The standard InChI is InChI=1S/C25H29ClF2N6O2/c1-14(2)22-21(28)18(29-24(31-22)30-19-11-15(3)32-33-19)12-25(23(35)36)7-9-34(10-8-25)13-16-5-4-6-17(26)20(16)27/h4-6,11,14H,7-10,12-13H2,1-3H3,(H,35,36)(H2,29,30,31,32,33). The van der Waals surface area contributed by atoms with Crippen LogP contribution in [0.4, 0.5) is 20.5 Å². The number of carboxylic acids is 1. The van der Waals surface area contributed by atoms with Crippen molar-refractivity contribution in [3.63, 3.8) is 0 Å². The zero-order chi connectivity index (χ0) is 26.0. The van der Waals surface area contributed by atoms with Gasteiger partial charge in [-0.2, -0.15) is 5.10 Å². The van der Waals surface area contributed by atoms with Crippen LogP contribution in [-0.4, -0.2) is 49.2 Å². The lowest BCUT2D eigenvalue weighted by atomic mass is 9.74. The van der Waals surface area contributed by atoms with E-state index in [9.17, 15) is 14.3 Å². The lowest BCUT2D eigenvalue weighted by molar-refractivity contribution is -0.152. The minimum atomic E-state index is -1.20. The first kappa shape index (κ1) is 26.0. The normalized spacial score (nSPS) is 15.9. The quantitative estimate of drug-likeness (QED) is 0.375. The first-order valence-corrected chi connectivity index (χ1v) is 12.2. The number of nitrogens with zero attached hydrogens (tertiary/aromatic N) is 4. The summed E-state index contributed by atoms with van der Waals surface area (Å²) < 4.78 is 29.8. The van der Waals surface area contributed by atoms with Crippen LogP contribution in [0.2, 0.25) is 5.02 Å². The number of aryl methyl sites for hydroxylation is 1. The molecule has 3 N–H and O–H groups in total. The molecule has 0 atom stereocenters. The van der Waals surface area contributed by atoms with E-state index in [0.717, 1.165) is 5.69 Å². The van der Waals surface area contributed by atoms with Crippen molar-refractivity contribution in [2.45, 2.75) is 52.5 Å². The van der Waals surface area contributed by atoms with Gasteiger partial charge in [-0.25, -0.2) is 18.7 Å². The van der Waals surface area contributed by atoms with E-state index in [0.29, 0.717) is 31.0 Å². The van der Waals surface area contributed by atoms with Crippen molar-refractivity contribution < 1.29 is 18.7 Å². The predicted molar refractivity (Wildman–Crippen MR) is 132 cm³/mol. The molecule has 0 spiro atoms. The largest absolute Gasteiger partial charge is 0.481 e. The van der Waals surface area contributed by atoms with Crippen molar-refractivity contribution in [2.75, 3.05) is 18.4 Å². The smallest absolute Gasteiger partial charge is 0.310 e. The number of aliphatic carboxylic acids is 1. The highest BCUT2D eigenvalue weighted by atomic mass is 35.5. The van der Waals surface area contributed by atoms with Crippen molar-refractivity contribution in [1.82, 2.24) is 25.1 Å². The third-order valence-electron chi connectivity index (χ3n) is 6.64. The highest BCUT2D eigenvalue weighted by Crippen LogP contribution is 2.37. The van der Waals surface area contributed by atoms with Gasteiger partial charge >= 0.3 is 5.97 Å². The second kappa shape index (κ2) is 10.5. The van der Waals surface area contributed by atoms with Crippen LogP contribution >= 0.6 is 11.6 Å². The summed E-state index contributed by atoms with van der Waals surface area (Å²) in [7, 11) is 0. The number of H-pyrrole nitrogens is 1. The van der Waals surface area contributed by atoms with Crippen LogP contribution in [0.1, 0.15) is 55.3 Å².